The number of carbonyl (C=O) groups is 2. The highest BCUT2D eigenvalue weighted by molar-refractivity contribution is 8.00. The molecule has 0 heterocycles. The molecule has 1 aromatic carbocycles. The molecule has 0 aromatic heterocycles. The summed E-state index contributed by atoms with van der Waals surface area (Å²) in [5.41, 5.74) is -1.34. The fourth-order valence-electron chi connectivity index (χ4n) is 1.71. The molecule has 1 unspecified atom stereocenters. The standard InChI is InChI=1S/C16H20F3NO4S/c1-14(2,3)24-13(23)20-15(4,12(21)22)25-9-10-6-5-7-11(8-10)16(17,18)19/h5-8H,9H2,1-4H3,(H,20,23)(H,21,22). The fraction of sp³-hybridized carbons (Fsp3) is 0.500. The maximum atomic E-state index is 12.7. The Hall–Kier alpha value is -1.90. The summed E-state index contributed by atoms with van der Waals surface area (Å²) in [7, 11) is 0. The van der Waals surface area contributed by atoms with E-state index in [1.807, 2.05) is 0 Å². The summed E-state index contributed by atoms with van der Waals surface area (Å²) >= 11 is 0.780. The Morgan fingerprint density at radius 3 is 2.28 bits per heavy atom. The number of ether oxygens (including phenoxy) is 1. The molecule has 0 aliphatic carbocycles. The van der Waals surface area contributed by atoms with Crippen molar-refractivity contribution < 1.29 is 32.6 Å². The average Bonchev–Trinajstić information content (AvgIpc) is 2.42. The third-order valence-corrected chi connectivity index (χ3v) is 4.26. The van der Waals surface area contributed by atoms with Crippen molar-refractivity contribution in [2.24, 2.45) is 0 Å². The number of hydrogen-bond donors (Lipinski definition) is 2. The molecule has 0 radical (unpaired) electrons. The summed E-state index contributed by atoms with van der Waals surface area (Å²) in [5.74, 6) is -1.38. The summed E-state index contributed by atoms with van der Waals surface area (Å²) in [4.78, 5) is 21.6. The smallest absolute Gasteiger partial charge is 0.416 e. The second-order valence-electron chi connectivity index (χ2n) is 6.45. The summed E-state index contributed by atoms with van der Waals surface area (Å²) < 4.78 is 43.2. The van der Waals surface area contributed by atoms with Crippen molar-refractivity contribution in [2.45, 2.75) is 50.1 Å². The van der Waals surface area contributed by atoms with Gasteiger partial charge in [0.15, 0.2) is 4.87 Å². The van der Waals surface area contributed by atoms with Crippen LogP contribution in [0.2, 0.25) is 0 Å². The van der Waals surface area contributed by atoms with Gasteiger partial charge < -0.3 is 9.84 Å². The Morgan fingerprint density at radius 2 is 1.80 bits per heavy atom. The predicted molar refractivity (Wildman–Crippen MR) is 88.1 cm³/mol. The number of carboxylic acids is 1. The van der Waals surface area contributed by atoms with Crippen LogP contribution in [0, 0.1) is 0 Å². The van der Waals surface area contributed by atoms with Crippen molar-refractivity contribution in [2.75, 3.05) is 0 Å². The van der Waals surface area contributed by atoms with Gasteiger partial charge in [0.05, 0.1) is 5.56 Å². The van der Waals surface area contributed by atoms with Crippen molar-refractivity contribution in [1.29, 1.82) is 0 Å². The molecule has 1 rings (SSSR count). The second kappa shape index (κ2) is 7.55. The highest BCUT2D eigenvalue weighted by atomic mass is 32.2. The van der Waals surface area contributed by atoms with Crippen LogP contribution in [0.5, 0.6) is 0 Å². The van der Waals surface area contributed by atoms with Crippen LogP contribution >= 0.6 is 11.8 Å². The maximum Gasteiger partial charge on any atom is 0.416 e. The van der Waals surface area contributed by atoms with Gasteiger partial charge in [-0.05, 0) is 39.3 Å². The lowest BCUT2D eigenvalue weighted by atomic mass is 10.1. The Morgan fingerprint density at radius 1 is 1.20 bits per heavy atom. The number of nitrogens with one attached hydrogen (secondary N) is 1. The van der Waals surface area contributed by atoms with Gasteiger partial charge in [-0.1, -0.05) is 18.2 Å². The van der Waals surface area contributed by atoms with E-state index in [9.17, 15) is 27.9 Å². The van der Waals surface area contributed by atoms with Crippen molar-refractivity contribution in [3.8, 4) is 0 Å². The summed E-state index contributed by atoms with van der Waals surface area (Å²) in [6.45, 7) is 6.12. The third kappa shape index (κ3) is 6.85. The molecule has 1 atom stereocenters. The highest BCUT2D eigenvalue weighted by Gasteiger charge is 2.37. The van der Waals surface area contributed by atoms with Crippen LogP contribution in [-0.2, 0) is 21.5 Å². The molecule has 140 valence electrons. The minimum absolute atomic E-state index is 0.0392. The van der Waals surface area contributed by atoms with E-state index in [2.05, 4.69) is 5.32 Å². The van der Waals surface area contributed by atoms with E-state index in [1.165, 1.54) is 19.1 Å². The molecule has 0 aliphatic rings. The molecule has 1 aromatic rings. The molecule has 0 saturated heterocycles. The minimum atomic E-state index is -4.48. The molecule has 0 fully saturated rings. The lowest BCUT2D eigenvalue weighted by molar-refractivity contribution is -0.140. The SMILES string of the molecule is CC(C)(C)OC(=O)NC(C)(SCc1cccc(C(F)(F)F)c1)C(=O)O. The number of alkyl halides is 3. The Bertz CT molecular complexity index is 643. The lowest BCUT2D eigenvalue weighted by Crippen LogP contribution is -2.51. The Labute approximate surface area is 147 Å². The molecule has 0 aliphatic heterocycles. The third-order valence-electron chi connectivity index (χ3n) is 2.93. The minimum Gasteiger partial charge on any atom is -0.479 e. The van der Waals surface area contributed by atoms with Crippen LogP contribution in [0.1, 0.15) is 38.8 Å². The number of benzene rings is 1. The van der Waals surface area contributed by atoms with Gasteiger partial charge in [-0.3, -0.25) is 5.32 Å². The first-order chi connectivity index (χ1) is 11.2. The zero-order chi connectivity index (χ0) is 19.5. The quantitative estimate of drug-likeness (QED) is 0.748. The van der Waals surface area contributed by atoms with E-state index in [0.717, 1.165) is 23.9 Å². The number of carboxylic acid groups (broad SMARTS) is 1. The van der Waals surface area contributed by atoms with E-state index in [0.29, 0.717) is 5.56 Å². The van der Waals surface area contributed by atoms with Gasteiger partial charge >= 0.3 is 18.2 Å². The summed E-state index contributed by atoms with van der Waals surface area (Å²) in [6, 6.07) is 4.59. The average molecular weight is 379 g/mol. The first kappa shape index (κ1) is 21.1. The van der Waals surface area contributed by atoms with Crippen LogP contribution in [0.25, 0.3) is 0 Å². The highest BCUT2D eigenvalue weighted by Crippen LogP contribution is 2.32. The van der Waals surface area contributed by atoms with Crippen LogP contribution in [-0.4, -0.2) is 27.6 Å². The largest absolute Gasteiger partial charge is 0.479 e. The van der Waals surface area contributed by atoms with Gasteiger partial charge in [0, 0.05) is 5.75 Å². The fourth-order valence-corrected chi connectivity index (χ4v) is 2.63. The monoisotopic (exact) mass is 379 g/mol. The number of halogens is 3. The molecule has 0 spiro atoms. The molecular weight excluding hydrogens is 359 g/mol. The molecule has 0 saturated carbocycles. The first-order valence-corrected chi connectivity index (χ1v) is 8.26. The van der Waals surface area contributed by atoms with E-state index in [-0.39, 0.29) is 5.75 Å². The zero-order valence-electron chi connectivity index (χ0n) is 14.2. The lowest BCUT2D eigenvalue weighted by Gasteiger charge is -2.28. The number of alkyl carbamates (subject to hydrolysis) is 1. The zero-order valence-corrected chi connectivity index (χ0v) is 15.0. The molecule has 25 heavy (non-hydrogen) atoms. The molecule has 0 bridgehead atoms. The second-order valence-corrected chi connectivity index (χ2v) is 7.85. The maximum absolute atomic E-state index is 12.7. The number of hydrogen-bond acceptors (Lipinski definition) is 4. The molecular formula is C16H20F3NO4S. The van der Waals surface area contributed by atoms with Crippen molar-refractivity contribution >= 4 is 23.8 Å². The van der Waals surface area contributed by atoms with E-state index in [4.69, 9.17) is 4.74 Å². The van der Waals surface area contributed by atoms with Crippen LogP contribution in [0.4, 0.5) is 18.0 Å². The number of thioether (sulfide) groups is 1. The van der Waals surface area contributed by atoms with Crippen LogP contribution in [0.15, 0.2) is 24.3 Å². The topological polar surface area (TPSA) is 75.6 Å². The van der Waals surface area contributed by atoms with Gasteiger partial charge in [0.25, 0.3) is 0 Å². The van der Waals surface area contributed by atoms with Crippen molar-refractivity contribution in [3.05, 3.63) is 35.4 Å². The van der Waals surface area contributed by atoms with Gasteiger partial charge in [-0.25, -0.2) is 9.59 Å². The molecule has 1 amide bonds. The van der Waals surface area contributed by atoms with E-state index >= 15 is 0 Å². The van der Waals surface area contributed by atoms with Gasteiger partial charge in [-0.15, -0.1) is 11.8 Å². The summed E-state index contributed by atoms with van der Waals surface area (Å²) in [5, 5.41) is 11.6. The number of amides is 1. The van der Waals surface area contributed by atoms with Crippen LogP contribution < -0.4 is 5.32 Å². The molecule has 9 heteroatoms. The number of aliphatic carboxylic acids is 1. The van der Waals surface area contributed by atoms with Gasteiger partial charge in [0.1, 0.15) is 5.60 Å². The number of rotatable bonds is 5. The Balaban J connectivity index is 2.85. The van der Waals surface area contributed by atoms with Gasteiger partial charge in [0.2, 0.25) is 0 Å². The van der Waals surface area contributed by atoms with Crippen molar-refractivity contribution in [3.63, 3.8) is 0 Å². The summed E-state index contributed by atoms with van der Waals surface area (Å²) in [6.07, 6.45) is -5.40. The van der Waals surface area contributed by atoms with Gasteiger partial charge in [-0.2, -0.15) is 13.2 Å². The van der Waals surface area contributed by atoms with Crippen molar-refractivity contribution in [1.82, 2.24) is 5.32 Å². The Kier molecular flexibility index (Phi) is 6.39. The normalized spacial score (nSPS) is 14.5. The first-order valence-electron chi connectivity index (χ1n) is 7.27. The van der Waals surface area contributed by atoms with Crippen LogP contribution in [0.3, 0.4) is 0 Å². The van der Waals surface area contributed by atoms with E-state index in [1.54, 1.807) is 20.8 Å². The predicted octanol–water partition coefficient (Wildman–Crippen LogP) is 4.26. The molecule has 5 nitrogen and oxygen atoms in total. The molecule has 2 N–H and O–H groups in total. The number of carbonyl (C=O) groups excluding carboxylic acids is 1. The van der Waals surface area contributed by atoms with E-state index < -0.39 is 34.3 Å².